The molecule has 0 saturated carbocycles. The third-order valence-corrected chi connectivity index (χ3v) is 5.71. The second-order valence-corrected chi connectivity index (χ2v) is 7.62. The number of amides is 1. The van der Waals surface area contributed by atoms with Crippen molar-refractivity contribution >= 4 is 30.7 Å². The molecule has 154 valence electrons. The Hall–Kier alpha value is -0.850. The molecule has 1 unspecified atom stereocenters. The van der Waals surface area contributed by atoms with Gasteiger partial charge in [0.1, 0.15) is 0 Å². The molecule has 1 aromatic rings. The first-order chi connectivity index (χ1) is 12.1. The number of nitrogens with zero attached hydrogens (tertiary/aromatic N) is 3. The smallest absolute Gasteiger partial charge is 0.236 e. The first kappa shape index (κ1) is 24.2. The number of halogens is 2. The van der Waals surface area contributed by atoms with Crippen molar-refractivity contribution in [3.63, 3.8) is 0 Å². The van der Waals surface area contributed by atoms with Gasteiger partial charge >= 0.3 is 0 Å². The zero-order valence-corrected chi connectivity index (χ0v) is 17.9. The van der Waals surface area contributed by atoms with E-state index < -0.39 is 0 Å². The molecule has 2 saturated heterocycles. The predicted molar refractivity (Wildman–Crippen MR) is 116 cm³/mol. The number of likely N-dealkylation sites (tertiary alicyclic amines) is 1. The van der Waals surface area contributed by atoms with Gasteiger partial charge < -0.3 is 10.6 Å². The summed E-state index contributed by atoms with van der Waals surface area (Å²) in [4.78, 5) is 19.4. The molecule has 2 fully saturated rings. The fraction of sp³-hybridized carbons (Fsp3) is 0.650. The van der Waals surface area contributed by atoms with Crippen LogP contribution in [0.3, 0.4) is 0 Å². The van der Waals surface area contributed by atoms with Crippen molar-refractivity contribution in [2.75, 3.05) is 45.8 Å². The van der Waals surface area contributed by atoms with E-state index in [4.69, 9.17) is 5.73 Å². The van der Waals surface area contributed by atoms with Crippen molar-refractivity contribution < 1.29 is 4.79 Å². The number of hydrogen-bond donors (Lipinski definition) is 1. The van der Waals surface area contributed by atoms with Crippen molar-refractivity contribution in [2.24, 2.45) is 11.7 Å². The van der Waals surface area contributed by atoms with Crippen LogP contribution in [-0.4, -0.2) is 72.5 Å². The molecule has 0 spiro atoms. The summed E-state index contributed by atoms with van der Waals surface area (Å²) in [6.07, 6.45) is 2.10. The molecule has 1 aromatic carbocycles. The average molecular weight is 417 g/mol. The number of piperidine rings is 1. The number of carbonyl (C=O) groups is 1. The monoisotopic (exact) mass is 416 g/mol. The Labute approximate surface area is 176 Å². The van der Waals surface area contributed by atoms with Gasteiger partial charge in [-0.3, -0.25) is 14.6 Å². The predicted octanol–water partition coefficient (Wildman–Crippen LogP) is 2.23. The van der Waals surface area contributed by atoms with Gasteiger partial charge in [0.25, 0.3) is 0 Å². The van der Waals surface area contributed by atoms with Crippen molar-refractivity contribution in [1.29, 1.82) is 0 Å². The molecule has 7 heteroatoms. The summed E-state index contributed by atoms with van der Waals surface area (Å²) < 4.78 is 0. The first-order valence-corrected chi connectivity index (χ1v) is 9.64. The Balaban J connectivity index is 0.00000182. The van der Waals surface area contributed by atoms with Gasteiger partial charge in [-0.2, -0.15) is 0 Å². The third-order valence-electron chi connectivity index (χ3n) is 5.71. The van der Waals surface area contributed by atoms with Crippen molar-refractivity contribution in [2.45, 2.75) is 32.4 Å². The van der Waals surface area contributed by atoms with Crippen molar-refractivity contribution in [3.8, 4) is 0 Å². The first-order valence-electron chi connectivity index (χ1n) is 9.64. The molecular formula is C20H34Cl2N4O. The molecule has 27 heavy (non-hydrogen) atoms. The Morgan fingerprint density at radius 2 is 1.56 bits per heavy atom. The maximum Gasteiger partial charge on any atom is 0.236 e. The summed E-state index contributed by atoms with van der Waals surface area (Å²) in [5.41, 5.74) is 7.35. The van der Waals surface area contributed by atoms with Gasteiger partial charge in [-0.1, -0.05) is 30.3 Å². The van der Waals surface area contributed by atoms with Gasteiger partial charge in [-0.25, -0.2) is 0 Å². The van der Waals surface area contributed by atoms with Crippen LogP contribution in [0.1, 0.15) is 25.3 Å². The summed E-state index contributed by atoms with van der Waals surface area (Å²) in [5.74, 6) is 0.866. The van der Waals surface area contributed by atoms with Crippen molar-refractivity contribution in [1.82, 2.24) is 14.7 Å². The Kier molecular flexibility index (Phi) is 10.6. The van der Waals surface area contributed by atoms with Gasteiger partial charge in [0.15, 0.2) is 0 Å². The van der Waals surface area contributed by atoms with E-state index in [9.17, 15) is 4.79 Å². The standard InChI is InChI=1S/C20H32N4O.2ClH/c1-17(21)19-7-9-24(10-8-19)20(25)16-23-13-11-22(12-14-23)15-18-5-3-2-4-6-18;;/h2-6,17,19H,7-16,21H2,1H3;2*1H. The largest absolute Gasteiger partial charge is 0.342 e. The molecule has 0 aliphatic carbocycles. The minimum atomic E-state index is 0. The van der Waals surface area contributed by atoms with Gasteiger partial charge in [0, 0.05) is 51.9 Å². The zero-order chi connectivity index (χ0) is 17.6. The average Bonchev–Trinajstić information content (AvgIpc) is 2.64. The summed E-state index contributed by atoms with van der Waals surface area (Å²) in [6.45, 7) is 9.44. The molecule has 2 heterocycles. The Bertz CT molecular complexity index is 542. The van der Waals surface area contributed by atoms with Crippen LogP contribution in [0.5, 0.6) is 0 Å². The van der Waals surface area contributed by atoms with Crippen LogP contribution < -0.4 is 5.73 Å². The van der Waals surface area contributed by atoms with E-state index in [1.54, 1.807) is 0 Å². The summed E-state index contributed by atoms with van der Waals surface area (Å²) in [5, 5.41) is 0. The zero-order valence-electron chi connectivity index (χ0n) is 16.3. The highest BCUT2D eigenvalue weighted by Gasteiger charge is 2.26. The van der Waals surface area contributed by atoms with Crippen molar-refractivity contribution in [3.05, 3.63) is 35.9 Å². The fourth-order valence-electron chi connectivity index (χ4n) is 3.91. The van der Waals surface area contributed by atoms with Crippen LogP contribution in [0.25, 0.3) is 0 Å². The lowest BCUT2D eigenvalue weighted by Crippen LogP contribution is -2.51. The molecule has 1 amide bonds. The number of carbonyl (C=O) groups excluding carboxylic acids is 1. The summed E-state index contributed by atoms with van der Waals surface area (Å²) in [7, 11) is 0. The van der Waals surface area contributed by atoms with Crippen LogP contribution in [0.2, 0.25) is 0 Å². The number of benzene rings is 1. The van der Waals surface area contributed by atoms with E-state index in [-0.39, 0.29) is 30.9 Å². The molecule has 5 nitrogen and oxygen atoms in total. The van der Waals surface area contributed by atoms with E-state index in [2.05, 4.69) is 47.1 Å². The molecule has 2 N–H and O–H groups in total. The maximum absolute atomic E-state index is 12.6. The topological polar surface area (TPSA) is 52.8 Å². The lowest BCUT2D eigenvalue weighted by atomic mass is 9.91. The third kappa shape index (κ3) is 7.24. The highest BCUT2D eigenvalue weighted by Crippen LogP contribution is 2.19. The highest BCUT2D eigenvalue weighted by molar-refractivity contribution is 5.85. The highest BCUT2D eigenvalue weighted by atomic mass is 35.5. The molecule has 0 bridgehead atoms. The molecular weight excluding hydrogens is 383 g/mol. The number of hydrogen-bond acceptors (Lipinski definition) is 4. The Morgan fingerprint density at radius 3 is 2.11 bits per heavy atom. The van der Waals surface area contributed by atoms with Crippen LogP contribution in [0, 0.1) is 5.92 Å². The lowest BCUT2D eigenvalue weighted by Gasteiger charge is -2.37. The second-order valence-electron chi connectivity index (χ2n) is 7.62. The summed E-state index contributed by atoms with van der Waals surface area (Å²) >= 11 is 0. The van der Waals surface area contributed by atoms with Gasteiger partial charge in [0.2, 0.25) is 5.91 Å². The quantitative estimate of drug-likeness (QED) is 0.799. The fourth-order valence-corrected chi connectivity index (χ4v) is 3.91. The van der Waals surface area contributed by atoms with E-state index in [0.717, 1.165) is 58.7 Å². The van der Waals surface area contributed by atoms with Crippen LogP contribution in [-0.2, 0) is 11.3 Å². The Morgan fingerprint density at radius 1 is 1.00 bits per heavy atom. The molecule has 1 atom stereocenters. The van der Waals surface area contributed by atoms with E-state index in [1.165, 1.54) is 5.56 Å². The maximum atomic E-state index is 12.6. The molecule has 0 radical (unpaired) electrons. The normalized spacial score (nSPS) is 20.4. The summed E-state index contributed by atoms with van der Waals surface area (Å²) in [6, 6.07) is 10.9. The minimum Gasteiger partial charge on any atom is -0.342 e. The van der Waals surface area contributed by atoms with E-state index in [0.29, 0.717) is 18.4 Å². The van der Waals surface area contributed by atoms with Gasteiger partial charge in [-0.15, -0.1) is 24.8 Å². The molecule has 3 rings (SSSR count). The van der Waals surface area contributed by atoms with Gasteiger partial charge in [0.05, 0.1) is 6.54 Å². The molecule has 2 aliphatic heterocycles. The molecule has 2 aliphatic rings. The molecule has 0 aromatic heterocycles. The minimum absolute atomic E-state index is 0. The number of nitrogens with two attached hydrogens (primary N) is 1. The second kappa shape index (κ2) is 11.9. The number of rotatable bonds is 5. The van der Waals surface area contributed by atoms with Crippen LogP contribution in [0.4, 0.5) is 0 Å². The van der Waals surface area contributed by atoms with E-state index >= 15 is 0 Å². The van der Waals surface area contributed by atoms with Crippen LogP contribution >= 0.6 is 24.8 Å². The lowest BCUT2D eigenvalue weighted by molar-refractivity contribution is -0.134. The van der Waals surface area contributed by atoms with Crippen LogP contribution in [0.15, 0.2) is 30.3 Å². The number of piperazine rings is 1. The van der Waals surface area contributed by atoms with Gasteiger partial charge in [-0.05, 0) is 31.2 Å². The SMILES string of the molecule is CC(N)C1CCN(C(=O)CN2CCN(Cc3ccccc3)CC2)CC1.Cl.Cl. The van der Waals surface area contributed by atoms with E-state index in [1.807, 2.05) is 4.90 Å².